The molecule has 1 rings (SSSR count). The third kappa shape index (κ3) is 4.18. The Balaban J connectivity index is 2.46. The normalized spacial score (nSPS) is 23.9. The van der Waals surface area contributed by atoms with Crippen molar-refractivity contribution < 1.29 is 9.53 Å². The van der Waals surface area contributed by atoms with E-state index in [2.05, 4.69) is 4.90 Å². The van der Waals surface area contributed by atoms with Crippen LogP contribution in [0.5, 0.6) is 0 Å². The van der Waals surface area contributed by atoms with Crippen LogP contribution in [0.3, 0.4) is 0 Å². The van der Waals surface area contributed by atoms with Crippen LogP contribution in [0.1, 0.15) is 26.7 Å². The molecule has 1 saturated heterocycles. The van der Waals surface area contributed by atoms with E-state index in [4.69, 9.17) is 10.5 Å². The van der Waals surface area contributed by atoms with Crippen LogP contribution >= 0.6 is 0 Å². The van der Waals surface area contributed by atoms with Crippen LogP contribution in [-0.4, -0.2) is 43.2 Å². The molecule has 1 heterocycles. The Labute approximate surface area is 91.8 Å². The summed E-state index contributed by atoms with van der Waals surface area (Å²) in [5.74, 6) is -0.0550. The van der Waals surface area contributed by atoms with Gasteiger partial charge < -0.3 is 15.4 Å². The molecule has 0 aromatic heterocycles. The molecule has 1 fully saturated rings. The third-order valence-electron chi connectivity index (χ3n) is 2.67. The number of rotatable bonds is 3. The fraction of sp³-hybridized carbons (Fsp3) is 0.909. The topological polar surface area (TPSA) is 55.6 Å². The molecule has 0 aromatic carbocycles. The van der Waals surface area contributed by atoms with E-state index in [1.165, 1.54) is 7.11 Å². The SMILES string of the molecule is COC(=O)[C@H]1CCCN(CC(C)(C)N)C1. The quantitative estimate of drug-likeness (QED) is 0.699. The zero-order valence-corrected chi connectivity index (χ0v) is 9.95. The average molecular weight is 214 g/mol. The van der Waals surface area contributed by atoms with E-state index < -0.39 is 0 Å². The molecule has 4 nitrogen and oxygen atoms in total. The van der Waals surface area contributed by atoms with Crippen molar-refractivity contribution in [3.63, 3.8) is 0 Å². The summed E-state index contributed by atoms with van der Waals surface area (Å²) in [4.78, 5) is 13.7. The van der Waals surface area contributed by atoms with E-state index in [0.717, 1.165) is 32.5 Å². The molecule has 88 valence electrons. The van der Waals surface area contributed by atoms with Crippen molar-refractivity contribution in [2.24, 2.45) is 11.7 Å². The van der Waals surface area contributed by atoms with Gasteiger partial charge in [0.1, 0.15) is 0 Å². The number of nitrogens with zero attached hydrogens (tertiary/aromatic N) is 1. The Hall–Kier alpha value is -0.610. The van der Waals surface area contributed by atoms with Gasteiger partial charge in [0, 0.05) is 18.6 Å². The molecule has 0 spiro atoms. The van der Waals surface area contributed by atoms with Gasteiger partial charge in [0.2, 0.25) is 0 Å². The molecule has 1 atom stereocenters. The summed E-state index contributed by atoms with van der Waals surface area (Å²) in [6, 6.07) is 0. The lowest BCUT2D eigenvalue weighted by Crippen LogP contribution is -2.49. The van der Waals surface area contributed by atoms with Crippen LogP contribution in [0.4, 0.5) is 0 Å². The summed E-state index contributed by atoms with van der Waals surface area (Å²) >= 11 is 0. The highest BCUT2D eigenvalue weighted by molar-refractivity contribution is 5.72. The van der Waals surface area contributed by atoms with Crippen molar-refractivity contribution >= 4 is 5.97 Å². The average Bonchev–Trinajstić information content (AvgIpc) is 2.14. The number of piperidine rings is 1. The second-order valence-electron chi connectivity index (χ2n) is 5.09. The van der Waals surface area contributed by atoms with Crippen LogP contribution in [-0.2, 0) is 9.53 Å². The molecule has 4 heteroatoms. The zero-order chi connectivity index (χ0) is 11.5. The minimum absolute atomic E-state index is 0.0334. The van der Waals surface area contributed by atoms with Gasteiger partial charge in [-0.3, -0.25) is 4.79 Å². The molecule has 1 aliphatic rings. The number of carbonyl (C=O) groups is 1. The monoisotopic (exact) mass is 214 g/mol. The maximum absolute atomic E-state index is 11.4. The third-order valence-corrected chi connectivity index (χ3v) is 2.67. The van der Waals surface area contributed by atoms with E-state index in [-0.39, 0.29) is 17.4 Å². The van der Waals surface area contributed by atoms with Gasteiger partial charge >= 0.3 is 5.97 Å². The Morgan fingerprint density at radius 1 is 1.60 bits per heavy atom. The Kier molecular flexibility index (Phi) is 4.11. The van der Waals surface area contributed by atoms with Crippen LogP contribution in [0, 0.1) is 5.92 Å². The Morgan fingerprint density at radius 2 is 2.27 bits per heavy atom. The number of hydrogen-bond donors (Lipinski definition) is 1. The van der Waals surface area contributed by atoms with Crippen LogP contribution in [0.2, 0.25) is 0 Å². The van der Waals surface area contributed by atoms with Crippen LogP contribution < -0.4 is 5.73 Å². The molecule has 0 radical (unpaired) electrons. The van der Waals surface area contributed by atoms with Gasteiger partial charge in [0.25, 0.3) is 0 Å². The number of ether oxygens (including phenoxy) is 1. The Morgan fingerprint density at radius 3 is 2.80 bits per heavy atom. The maximum Gasteiger partial charge on any atom is 0.309 e. The number of likely N-dealkylation sites (tertiary alicyclic amines) is 1. The minimum Gasteiger partial charge on any atom is -0.469 e. The van der Waals surface area contributed by atoms with Gasteiger partial charge in [-0.05, 0) is 33.2 Å². The van der Waals surface area contributed by atoms with Crippen molar-refractivity contribution in [2.75, 3.05) is 26.7 Å². The summed E-state index contributed by atoms with van der Waals surface area (Å²) in [5, 5.41) is 0. The molecule has 1 aliphatic heterocycles. The standard InChI is InChI=1S/C11H22N2O2/c1-11(2,12)8-13-6-4-5-9(7-13)10(14)15-3/h9H,4-8,12H2,1-3H3/t9-/m0/s1. The second-order valence-corrected chi connectivity index (χ2v) is 5.09. The summed E-state index contributed by atoms with van der Waals surface area (Å²) in [6.07, 6.45) is 1.99. The van der Waals surface area contributed by atoms with Crippen LogP contribution in [0.25, 0.3) is 0 Å². The zero-order valence-electron chi connectivity index (χ0n) is 9.95. The molecule has 15 heavy (non-hydrogen) atoms. The van der Waals surface area contributed by atoms with Gasteiger partial charge in [0.15, 0.2) is 0 Å². The van der Waals surface area contributed by atoms with Gasteiger partial charge in [-0.2, -0.15) is 0 Å². The molecule has 0 aliphatic carbocycles. The van der Waals surface area contributed by atoms with Crippen molar-refractivity contribution in [1.29, 1.82) is 0 Å². The first-order valence-electron chi connectivity index (χ1n) is 5.51. The van der Waals surface area contributed by atoms with E-state index in [1.807, 2.05) is 13.8 Å². The predicted octanol–water partition coefficient (Wildman–Crippen LogP) is 0.609. The molecule has 0 unspecified atom stereocenters. The van der Waals surface area contributed by atoms with Crippen molar-refractivity contribution in [1.82, 2.24) is 4.90 Å². The molecular weight excluding hydrogens is 192 g/mol. The first-order chi connectivity index (χ1) is 6.92. The molecule has 0 saturated carbocycles. The van der Waals surface area contributed by atoms with E-state index in [9.17, 15) is 4.79 Å². The smallest absolute Gasteiger partial charge is 0.309 e. The lowest BCUT2D eigenvalue weighted by molar-refractivity contribution is -0.147. The second kappa shape index (κ2) is 4.94. The maximum atomic E-state index is 11.4. The largest absolute Gasteiger partial charge is 0.469 e. The van der Waals surface area contributed by atoms with Crippen molar-refractivity contribution in [2.45, 2.75) is 32.2 Å². The van der Waals surface area contributed by atoms with Crippen molar-refractivity contribution in [3.05, 3.63) is 0 Å². The minimum atomic E-state index is -0.196. The van der Waals surface area contributed by atoms with E-state index in [0.29, 0.717) is 0 Å². The van der Waals surface area contributed by atoms with Crippen LogP contribution in [0.15, 0.2) is 0 Å². The molecule has 0 bridgehead atoms. The highest BCUT2D eigenvalue weighted by Crippen LogP contribution is 2.18. The van der Waals surface area contributed by atoms with E-state index >= 15 is 0 Å². The molecule has 0 aromatic rings. The fourth-order valence-corrected chi connectivity index (χ4v) is 2.13. The molecular formula is C11H22N2O2. The molecule has 0 amide bonds. The summed E-state index contributed by atoms with van der Waals surface area (Å²) in [5.41, 5.74) is 5.77. The van der Waals surface area contributed by atoms with Gasteiger partial charge in [-0.1, -0.05) is 0 Å². The highest BCUT2D eigenvalue weighted by Gasteiger charge is 2.28. The number of hydrogen-bond acceptors (Lipinski definition) is 4. The van der Waals surface area contributed by atoms with E-state index in [1.54, 1.807) is 0 Å². The van der Waals surface area contributed by atoms with Gasteiger partial charge in [-0.25, -0.2) is 0 Å². The lowest BCUT2D eigenvalue weighted by Gasteiger charge is -2.35. The lowest BCUT2D eigenvalue weighted by atomic mass is 9.96. The summed E-state index contributed by atoms with van der Waals surface area (Å²) in [6.45, 7) is 6.67. The van der Waals surface area contributed by atoms with Gasteiger partial charge in [-0.15, -0.1) is 0 Å². The number of nitrogens with two attached hydrogens (primary N) is 1. The summed E-state index contributed by atoms with van der Waals surface area (Å²) in [7, 11) is 1.45. The highest BCUT2D eigenvalue weighted by atomic mass is 16.5. The fourth-order valence-electron chi connectivity index (χ4n) is 2.13. The van der Waals surface area contributed by atoms with Gasteiger partial charge in [0.05, 0.1) is 13.0 Å². The predicted molar refractivity (Wildman–Crippen MR) is 59.4 cm³/mol. The first kappa shape index (κ1) is 12.5. The Bertz CT molecular complexity index is 223. The summed E-state index contributed by atoms with van der Waals surface area (Å²) < 4.78 is 4.77. The number of methoxy groups -OCH3 is 1. The molecule has 2 N–H and O–H groups in total. The first-order valence-corrected chi connectivity index (χ1v) is 5.51. The number of esters is 1. The number of carbonyl (C=O) groups excluding carboxylic acids is 1. The van der Waals surface area contributed by atoms with Crippen molar-refractivity contribution in [3.8, 4) is 0 Å².